The first-order chi connectivity index (χ1) is 14.5. The van der Waals surface area contributed by atoms with Crippen molar-refractivity contribution >= 4 is 23.9 Å². The highest BCUT2D eigenvalue weighted by molar-refractivity contribution is 5.75. The molecular formula is C20H28O10. The van der Waals surface area contributed by atoms with Crippen LogP contribution in [-0.4, -0.2) is 74.7 Å². The molecule has 2 saturated carbocycles. The van der Waals surface area contributed by atoms with E-state index in [4.69, 9.17) is 28.4 Å². The predicted octanol–water partition coefficient (Wildman–Crippen LogP) is 0.828. The molecule has 3 rings (SSSR count). The topological polar surface area (TPSA) is 124 Å². The summed E-state index contributed by atoms with van der Waals surface area (Å²) in [7, 11) is 0. The summed E-state index contributed by atoms with van der Waals surface area (Å²) < 4.78 is 31.8. The van der Waals surface area contributed by atoms with Gasteiger partial charge in [-0.25, -0.2) is 19.2 Å². The molecule has 0 aromatic heterocycles. The van der Waals surface area contributed by atoms with Gasteiger partial charge in [-0.15, -0.1) is 0 Å². The number of carbonyl (C=O) groups excluding carboxylic acids is 4. The standard InChI is InChI=1S/C20H28O10/c21-17-9-25-11-19(23)29-15-7-3-4-8-16(15)30-20(24)12-26-10-18(22)28-14-6-2-1-5-13(14)27-17/h13-16H,1-12H2/t13-,14-,15-,16-/m0/s1. The Kier molecular flexibility index (Phi) is 8.44. The Balaban J connectivity index is 1.63. The highest BCUT2D eigenvalue weighted by Crippen LogP contribution is 2.25. The van der Waals surface area contributed by atoms with Gasteiger partial charge < -0.3 is 28.4 Å². The lowest BCUT2D eigenvalue weighted by Gasteiger charge is -2.31. The van der Waals surface area contributed by atoms with Gasteiger partial charge in [0, 0.05) is 0 Å². The number of esters is 4. The van der Waals surface area contributed by atoms with Crippen LogP contribution in [-0.2, 0) is 47.6 Å². The Morgan fingerprint density at radius 3 is 0.900 bits per heavy atom. The number of carbonyl (C=O) groups is 4. The van der Waals surface area contributed by atoms with Crippen molar-refractivity contribution < 1.29 is 47.6 Å². The zero-order valence-corrected chi connectivity index (χ0v) is 16.9. The predicted molar refractivity (Wildman–Crippen MR) is 98.1 cm³/mol. The molecule has 0 N–H and O–H groups in total. The Morgan fingerprint density at radius 1 is 0.433 bits per heavy atom. The van der Waals surface area contributed by atoms with Crippen molar-refractivity contribution in [3.8, 4) is 0 Å². The van der Waals surface area contributed by atoms with Gasteiger partial charge in [0.1, 0.15) is 50.8 Å². The van der Waals surface area contributed by atoms with E-state index < -0.39 is 74.7 Å². The minimum Gasteiger partial charge on any atom is -0.457 e. The maximum Gasteiger partial charge on any atom is 0.332 e. The molecule has 1 heterocycles. The molecule has 10 nitrogen and oxygen atoms in total. The maximum absolute atomic E-state index is 12.1. The molecule has 0 radical (unpaired) electrons. The third-order valence-electron chi connectivity index (χ3n) is 5.29. The summed E-state index contributed by atoms with van der Waals surface area (Å²) in [5.74, 6) is -2.56. The minimum atomic E-state index is -0.641. The van der Waals surface area contributed by atoms with E-state index >= 15 is 0 Å². The van der Waals surface area contributed by atoms with Gasteiger partial charge in [-0.2, -0.15) is 0 Å². The summed E-state index contributed by atoms with van der Waals surface area (Å²) in [4.78, 5) is 48.2. The summed E-state index contributed by atoms with van der Waals surface area (Å²) in [6.45, 7) is -1.67. The zero-order chi connectivity index (χ0) is 21.3. The molecule has 1 saturated heterocycles. The fourth-order valence-electron chi connectivity index (χ4n) is 3.91. The third kappa shape index (κ3) is 6.94. The molecule has 0 amide bonds. The van der Waals surface area contributed by atoms with E-state index in [0.29, 0.717) is 25.7 Å². The van der Waals surface area contributed by atoms with Gasteiger partial charge in [0.2, 0.25) is 0 Å². The number of hydrogen-bond acceptors (Lipinski definition) is 10. The van der Waals surface area contributed by atoms with Crippen LogP contribution in [0.2, 0.25) is 0 Å². The smallest absolute Gasteiger partial charge is 0.332 e. The molecule has 0 aromatic carbocycles. The zero-order valence-electron chi connectivity index (χ0n) is 16.9. The lowest BCUT2D eigenvalue weighted by molar-refractivity contribution is -0.184. The molecule has 10 heteroatoms. The fraction of sp³-hybridized carbons (Fsp3) is 0.800. The summed E-state index contributed by atoms with van der Waals surface area (Å²) in [5, 5.41) is 0. The minimum absolute atomic E-state index is 0.418. The second-order valence-electron chi connectivity index (χ2n) is 7.67. The number of rotatable bonds is 0. The summed E-state index contributed by atoms with van der Waals surface area (Å²) in [5.41, 5.74) is 0. The van der Waals surface area contributed by atoms with Crippen LogP contribution in [0.1, 0.15) is 51.4 Å². The van der Waals surface area contributed by atoms with Crippen LogP contribution in [0, 0.1) is 0 Å². The van der Waals surface area contributed by atoms with Crippen molar-refractivity contribution in [2.24, 2.45) is 0 Å². The van der Waals surface area contributed by atoms with Crippen LogP contribution in [0.5, 0.6) is 0 Å². The van der Waals surface area contributed by atoms with Gasteiger partial charge >= 0.3 is 23.9 Å². The molecule has 1 aliphatic heterocycles. The Hall–Kier alpha value is -2.20. The fourth-order valence-corrected chi connectivity index (χ4v) is 3.91. The van der Waals surface area contributed by atoms with Gasteiger partial charge in [0.25, 0.3) is 0 Å². The Morgan fingerprint density at radius 2 is 0.667 bits per heavy atom. The second kappa shape index (κ2) is 11.3. The number of hydrogen-bond donors (Lipinski definition) is 0. The first-order valence-corrected chi connectivity index (χ1v) is 10.4. The van der Waals surface area contributed by atoms with Crippen LogP contribution in [0.15, 0.2) is 0 Å². The molecular weight excluding hydrogens is 400 g/mol. The van der Waals surface area contributed by atoms with E-state index in [1.54, 1.807) is 0 Å². The molecule has 168 valence electrons. The molecule has 3 fully saturated rings. The van der Waals surface area contributed by atoms with Crippen molar-refractivity contribution in [1.82, 2.24) is 0 Å². The Bertz CT molecular complexity index is 527. The monoisotopic (exact) mass is 428 g/mol. The van der Waals surface area contributed by atoms with Gasteiger partial charge in [0.05, 0.1) is 0 Å². The average Bonchev–Trinajstić information content (AvgIpc) is 2.70. The van der Waals surface area contributed by atoms with E-state index in [-0.39, 0.29) is 0 Å². The lowest BCUT2D eigenvalue weighted by atomic mass is 9.94. The van der Waals surface area contributed by atoms with Crippen LogP contribution in [0.25, 0.3) is 0 Å². The van der Waals surface area contributed by atoms with E-state index in [2.05, 4.69) is 0 Å². The van der Waals surface area contributed by atoms with Gasteiger partial charge in [-0.05, 0) is 51.4 Å². The molecule has 0 unspecified atom stereocenters. The van der Waals surface area contributed by atoms with Crippen molar-refractivity contribution in [3.63, 3.8) is 0 Å². The molecule has 2 aliphatic carbocycles. The number of ether oxygens (including phenoxy) is 6. The molecule has 0 bridgehead atoms. The maximum atomic E-state index is 12.1. The highest BCUT2D eigenvalue weighted by Gasteiger charge is 2.33. The number of fused-ring (bicyclic) bond motifs is 2. The summed E-state index contributed by atoms with van der Waals surface area (Å²) in [6.07, 6.45) is 3.24. The van der Waals surface area contributed by atoms with Crippen molar-refractivity contribution in [3.05, 3.63) is 0 Å². The first kappa shape index (κ1) is 22.5. The molecule has 4 atom stereocenters. The van der Waals surface area contributed by atoms with Crippen molar-refractivity contribution in [2.45, 2.75) is 75.8 Å². The van der Waals surface area contributed by atoms with Crippen LogP contribution >= 0.6 is 0 Å². The Labute approximate surface area is 174 Å². The van der Waals surface area contributed by atoms with Gasteiger partial charge in [0.15, 0.2) is 0 Å². The molecule has 30 heavy (non-hydrogen) atoms. The van der Waals surface area contributed by atoms with E-state index in [1.807, 2.05) is 0 Å². The second-order valence-corrected chi connectivity index (χ2v) is 7.67. The summed E-state index contributed by atoms with van der Waals surface area (Å²) >= 11 is 0. The average molecular weight is 428 g/mol. The largest absolute Gasteiger partial charge is 0.457 e. The molecule has 0 spiro atoms. The molecule has 3 aliphatic rings. The van der Waals surface area contributed by atoms with Crippen LogP contribution in [0.3, 0.4) is 0 Å². The SMILES string of the molecule is O=C1COCC(=O)O[C@H]2CCCC[C@@H]2OC(=O)COCC(=O)O[C@H]2CCCC[C@@H]2O1. The quantitative estimate of drug-likeness (QED) is 0.405. The third-order valence-corrected chi connectivity index (χ3v) is 5.29. The van der Waals surface area contributed by atoms with E-state index in [1.165, 1.54) is 0 Å². The van der Waals surface area contributed by atoms with Crippen molar-refractivity contribution in [1.29, 1.82) is 0 Å². The van der Waals surface area contributed by atoms with Crippen LogP contribution < -0.4 is 0 Å². The van der Waals surface area contributed by atoms with Gasteiger partial charge in [-0.1, -0.05) is 0 Å². The van der Waals surface area contributed by atoms with E-state index in [9.17, 15) is 19.2 Å². The first-order valence-electron chi connectivity index (χ1n) is 10.4. The highest BCUT2D eigenvalue weighted by atomic mass is 16.6. The summed E-state index contributed by atoms with van der Waals surface area (Å²) in [6, 6.07) is 0. The lowest BCUT2D eigenvalue weighted by Crippen LogP contribution is -2.40. The van der Waals surface area contributed by atoms with Crippen molar-refractivity contribution in [2.75, 3.05) is 26.4 Å². The van der Waals surface area contributed by atoms with E-state index in [0.717, 1.165) is 25.7 Å². The van der Waals surface area contributed by atoms with Gasteiger partial charge in [-0.3, -0.25) is 0 Å². The van der Waals surface area contributed by atoms with Crippen LogP contribution in [0.4, 0.5) is 0 Å². The normalized spacial score (nSPS) is 32.8. The molecule has 0 aromatic rings.